The van der Waals surface area contributed by atoms with Crippen LogP contribution in [0.2, 0.25) is 0 Å². The number of halogens is 3. The number of aromatic amines is 1. The van der Waals surface area contributed by atoms with Gasteiger partial charge in [-0.3, -0.25) is 4.79 Å². The highest BCUT2D eigenvalue weighted by molar-refractivity contribution is 5.93. The van der Waals surface area contributed by atoms with Crippen molar-refractivity contribution in [3.8, 4) is 5.75 Å². The predicted molar refractivity (Wildman–Crippen MR) is 109 cm³/mol. The van der Waals surface area contributed by atoms with Crippen LogP contribution < -0.4 is 4.74 Å². The monoisotopic (exact) mass is 409 g/mol. The number of benzene rings is 3. The van der Waals surface area contributed by atoms with Gasteiger partial charge >= 0.3 is 6.18 Å². The van der Waals surface area contributed by atoms with E-state index in [4.69, 9.17) is 4.74 Å². The van der Waals surface area contributed by atoms with Crippen LogP contribution in [0.5, 0.6) is 5.75 Å². The van der Waals surface area contributed by atoms with Crippen molar-refractivity contribution < 1.29 is 22.7 Å². The van der Waals surface area contributed by atoms with E-state index in [1.165, 1.54) is 6.07 Å². The van der Waals surface area contributed by atoms with Gasteiger partial charge in [-0.2, -0.15) is 13.2 Å². The molecule has 0 spiro atoms. The van der Waals surface area contributed by atoms with E-state index in [0.29, 0.717) is 28.9 Å². The first-order chi connectivity index (χ1) is 14.4. The molecule has 0 aliphatic carbocycles. The van der Waals surface area contributed by atoms with Gasteiger partial charge in [-0.1, -0.05) is 48.5 Å². The Morgan fingerprint density at radius 1 is 0.933 bits per heavy atom. The Hall–Kier alpha value is -3.54. The molecular formula is C24H18F3NO2. The molecule has 0 saturated heterocycles. The zero-order chi connectivity index (χ0) is 21.3. The van der Waals surface area contributed by atoms with Gasteiger partial charge in [0.2, 0.25) is 0 Å². The largest absolute Gasteiger partial charge is 0.497 e. The van der Waals surface area contributed by atoms with Gasteiger partial charge in [-0.25, -0.2) is 0 Å². The summed E-state index contributed by atoms with van der Waals surface area (Å²) in [5.74, 6) is 0.0608. The number of methoxy groups -OCH3 is 1. The number of fused-ring (bicyclic) bond motifs is 1. The fraction of sp³-hybridized carbons (Fsp3) is 0.125. The smallest absolute Gasteiger partial charge is 0.416 e. The summed E-state index contributed by atoms with van der Waals surface area (Å²) >= 11 is 0. The van der Waals surface area contributed by atoms with E-state index < -0.39 is 17.7 Å². The molecule has 1 heterocycles. The summed E-state index contributed by atoms with van der Waals surface area (Å²) in [6, 6.07) is 19.7. The van der Waals surface area contributed by atoms with Crippen molar-refractivity contribution in [1.82, 2.24) is 4.98 Å². The Labute approximate surface area is 171 Å². The van der Waals surface area contributed by atoms with Crippen molar-refractivity contribution >= 4 is 17.2 Å². The molecule has 0 aliphatic heterocycles. The fourth-order valence-electron chi connectivity index (χ4n) is 3.81. The van der Waals surface area contributed by atoms with Gasteiger partial charge in [0.25, 0.3) is 0 Å². The Balaban J connectivity index is 1.99. The Morgan fingerprint density at radius 3 is 2.33 bits per heavy atom. The quantitative estimate of drug-likeness (QED) is 0.400. The number of aldehydes is 1. The number of H-pyrrole nitrogens is 1. The lowest BCUT2D eigenvalue weighted by atomic mass is 9.83. The van der Waals surface area contributed by atoms with Crippen molar-refractivity contribution in [2.75, 3.05) is 7.11 Å². The molecule has 1 N–H and O–H groups in total. The molecule has 0 aliphatic rings. The molecule has 4 rings (SSSR count). The molecule has 152 valence electrons. The first kappa shape index (κ1) is 19.8. The van der Waals surface area contributed by atoms with E-state index in [1.54, 1.807) is 37.4 Å². The Kier molecular flexibility index (Phi) is 5.08. The van der Waals surface area contributed by atoms with E-state index in [9.17, 15) is 18.0 Å². The number of hydrogen-bond donors (Lipinski definition) is 1. The zero-order valence-corrected chi connectivity index (χ0v) is 16.0. The summed E-state index contributed by atoms with van der Waals surface area (Å²) in [4.78, 5) is 14.9. The van der Waals surface area contributed by atoms with Crippen molar-refractivity contribution in [2.24, 2.45) is 0 Å². The van der Waals surface area contributed by atoms with E-state index in [0.717, 1.165) is 28.6 Å². The first-order valence-electron chi connectivity index (χ1n) is 9.29. The van der Waals surface area contributed by atoms with Crippen LogP contribution in [0.15, 0.2) is 72.8 Å². The maximum Gasteiger partial charge on any atom is 0.416 e. The third kappa shape index (κ3) is 3.56. The summed E-state index contributed by atoms with van der Waals surface area (Å²) < 4.78 is 45.4. The number of hydrogen-bond acceptors (Lipinski definition) is 2. The summed E-state index contributed by atoms with van der Waals surface area (Å²) in [7, 11) is 1.55. The van der Waals surface area contributed by atoms with Crippen LogP contribution in [0, 0.1) is 0 Å². The molecule has 4 aromatic rings. The number of ether oxygens (including phenoxy) is 1. The third-order valence-corrected chi connectivity index (χ3v) is 5.18. The number of rotatable bonds is 5. The van der Waals surface area contributed by atoms with E-state index in [-0.39, 0.29) is 0 Å². The van der Waals surface area contributed by atoms with Crippen molar-refractivity contribution in [1.29, 1.82) is 0 Å². The SMILES string of the molecule is COc1ccc(C(c2cccc(C(F)(F)F)c2)c2c(C=O)[nH]c3ccccc23)cc1. The van der Waals surface area contributed by atoms with Gasteiger partial charge in [-0.05, 0) is 35.4 Å². The molecule has 0 amide bonds. The summed E-state index contributed by atoms with van der Waals surface area (Å²) in [5.41, 5.74) is 2.21. The minimum absolute atomic E-state index is 0.342. The molecule has 1 unspecified atom stereocenters. The van der Waals surface area contributed by atoms with Crippen LogP contribution in [-0.4, -0.2) is 18.4 Å². The van der Waals surface area contributed by atoms with Gasteiger partial charge in [0.05, 0.1) is 18.4 Å². The summed E-state index contributed by atoms with van der Waals surface area (Å²) in [6.07, 6.45) is -3.76. The molecule has 0 bridgehead atoms. The third-order valence-electron chi connectivity index (χ3n) is 5.18. The van der Waals surface area contributed by atoms with Crippen molar-refractivity contribution in [2.45, 2.75) is 12.1 Å². The van der Waals surface area contributed by atoms with Crippen LogP contribution in [0.4, 0.5) is 13.2 Å². The molecule has 3 aromatic carbocycles. The molecule has 0 fully saturated rings. The summed E-state index contributed by atoms with van der Waals surface area (Å²) in [5, 5.41) is 0.790. The topological polar surface area (TPSA) is 42.1 Å². The minimum Gasteiger partial charge on any atom is -0.497 e. The van der Waals surface area contributed by atoms with Crippen LogP contribution >= 0.6 is 0 Å². The number of aromatic nitrogens is 1. The minimum atomic E-state index is -4.46. The van der Waals surface area contributed by atoms with Crippen LogP contribution in [0.1, 0.15) is 38.7 Å². The number of carbonyl (C=O) groups is 1. The lowest BCUT2D eigenvalue weighted by molar-refractivity contribution is -0.137. The normalized spacial score (nSPS) is 12.7. The molecule has 1 atom stereocenters. The fourth-order valence-corrected chi connectivity index (χ4v) is 3.81. The van der Waals surface area contributed by atoms with Crippen LogP contribution in [-0.2, 0) is 6.18 Å². The standard InChI is InChI=1S/C24H18F3NO2/c1-30-18-11-9-15(10-12-18)22(16-5-4-6-17(13-16)24(25,26)27)23-19-7-2-3-8-20(19)28-21(23)14-29/h2-14,22,28H,1H3. The van der Waals surface area contributed by atoms with Gasteiger partial charge in [0.15, 0.2) is 6.29 Å². The molecule has 30 heavy (non-hydrogen) atoms. The lowest BCUT2D eigenvalue weighted by Gasteiger charge is -2.21. The first-order valence-corrected chi connectivity index (χ1v) is 9.29. The highest BCUT2D eigenvalue weighted by Gasteiger charge is 2.32. The predicted octanol–water partition coefficient (Wildman–Crippen LogP) is 6.19. The average Bonchev–Trinajstić information content (AvgIpc) is 3.13. The van der Waals surface area contributed by atoms with E-state index in [1.807, 2.05) is 24.3 Å². The molecule has 3 nitrogen and oxygen atoms in total. The van der Waals surface area contributed by atoms with Crippen LogP contribution in [0.25, 0.3) is 10.9 Å². The maximum atomic E-state index is 13.4. The number of carbonyl (C=O) groups excluding carboxylic acids is 1. The van der Waals surface area contributed by atoms with Gasteiger partial charge in [0, 0.05) is 22.4 Å². The van der Waals surface area contributed by atoms with Crippen molar-refractivity contribution in [3.63, 3.8) is 0 Å². The van der Waals surface area contributed by atoms with Crippen LogP contribution in [0.3, 0.4) is 0 Å². The Bertz CT molecular complexity index is 1190. The number of alkyl halides is 3. The molecule has 0 saturated carbocycles. The lowest BCUT2D eigenvalue weighted by Crippen LogP contribution is -2.09. The van der Waals surface area contributed by atoms with Gasteiger partial charge in [0.1, 0.15) is 5.75 Å². The molecule has 0 radical (unpaired) electrons. The second kappa shape index (κ2) is 7.71. The molecule has 6 heteroatoms. The highest BCUT2D eigenvalue weighted by Crippen LogP contribution is 2.40. The van der Waals surface area contributed by atoms with Gasteiger partial charge < -0.3 is 9.72 Å². The molecule has 1 aromatic heterocycles. The van der Waals surface area contributed by atoms with E-state index in [2.05, 4.69) is 4.98 Å². The average molecular weight is 409 g/mol. The van der Waals surface area contributed by atoms with Crippen molar-refractivity contribution in [3.05, 3.63) is 101 Å². The molecular weight excluding hydrogens is 391 g/mol. The summed E-state index contributed by atoms with van der Waals surface area (Å²) in [6.45, 7) is 0. The second-order valence-corrected chi connectivity index (χ2v) is 6.95. The highest BCUT2D eigenvalue weighted by atomic mass is 19.4. The van der Waals surface area contributed by atoms with E-state index >= 15 is 0 Å². The van der Waals surface area contributed by atoms with Gasteiger partial charge in [-0.15, -0.1) is 0 Å². The zero-order valence-electron chi connectivity index (χ0n) is 16.0. The Morgan fingerprint density at radius 2 is 1.67 bits per heavy atom. The number of para-hydroxylation sites is 1. The number of nitrogens with one attached hydrogen (secondary N) is 1. The maximum absolute atomic E-state index is 13.4. The second-order valence-electron chi connectivity index (χ2n) is 6.95.